The Labute approximate surface area is 161 Å². The molecule has 1 heterocycles. The molecule has 0 fully saturated rings. The van der Waals surface area contributed by atoms with E-state index < -0.39 is 11.2 Å². The average molecular weight is 429 g/mol. The van der Waals surface area contributed by atoms with E-state index in [2.05, 4.69) is 26.0 Å². The van der Waals surface area contributed by atoms with Gasteiger partial charge in [0.15, 0.2) is 18.1 Å². The molecule has 0 saturated heterocycles. The van der Waals surface area contributed by atoms with Gasteiger partial charge in [0.25, 0.3) is 5.56 Å². The topological polar surface area (TPSA) is 109 Å². The molecule has 0 amide bonds. The number of benzene rings is 2. The third kappa shape index (κ3) is 3.75. The molecule has 0 spiro atoms. The van der Waals surface area contributed by atoms with Gasteiger partial charge in [-0.2, -0.15) is 10.4 Å². The third-order valence-electron chi connectivity index (χ3n) is 3.67. The summed E-state index contributed by atoms with van der Waals surface area (Å²) in [5, 5.41) is 13.0. The van der Waals surface area contributed by atoms with Gasteiger partial charge in [-0.1, -0.05) is 12.1 Å². The summed E-state index contributed by atoms with van der Waals surface area (Å²) < 4.78 is 11.9. The van der Waals surface area contributed by atoms with Gasteiger partial charge >= 0.3 is 5.69 Å². The van der Waals surface area contributed by atoms with E-state index in [4.69, 9.17) is 14.7 Å². The van der Waals surface area contributed by atoms with Crippen molar-refractivity contribution in [1.82, 2.24) is 9.66 Å². The normalized spacial score (nSPS) is 10.9. The van der Waals surface area contributed by atoms with Crippen LogP contribution in [0.2, 0.25) is 0 Å². The number of nitriles is 1. The molecule has 0 atom stereocenters. The number of ether oxygens (including phenoxy) is 2. The molecule has 0 aliphatic rings. The highest BCUT2D eigenvalue weighted by Crippen LogP contribution is 2.32. The van der Waals surface area contributed by atoms with Crippen molar-refractivity contribution in [3.63, 3.8) is 0 Å². The summed E-state index contributed by atoms with van der Waals surface area (Å²) >= 11 is 3.37. The van der Waals surface area contributed by atoms with Crippen molar-refractivity contribution in [1.29, 1.82) is 5.26 Å². The maximum absolute atomic E-state index is 12.5. The van der Waals surface area contributed by atoms with Gasteiger partial charge in [-0.05, 0) is 40.2 Å². The van der Waals surface area contributed by atoms with Crippen molar-refractivity contribution in [3.8, 4) is 17.6 Å². The summed E-state index contributed by atoms with van der Waals surface area (Å²) in [5.41, 5.74) is -0.175. The van der Waals surface area contributed by atoms with Gasteiger partial charge < -0.3 is 14.5 Å². The summed E-state index contributed by atoms with van der Waals surface area (Å²) in [7, 11) is 1.46. The first-order chi connectivity index (χ1) is 13.0. The van der Waals surface area contributed by atoms with Crippen LogP contribution in [0.1, 0.15) is 5.56 Å². The highest BCUT2D eigenvalue weighted by molar-refractivity contribution is 9.10. The van der Waals surface area contributed by atoms with E-state index >= 15 is 0 Å². The number of para-hydroxylation sites is 1. The largest absolute Gasteiger partial charge is 0.493 e. The number of nitrogens with zero attached hydrogens (tertiary/aromatic N) is 3. The molecule has 0 radical (unpaired) electrons. The Kier molecular flexibility index (Phi) is 5.38. The Morgan fingerprint density at radius 1 is 1.30 bits per heavy atom. The van der Waals surface area contributed by atoms with Crippen LogP contribution in [0.3, 0.4) is 0 Å². The maximum Gasteiger partial charge on any atom is 0.349 e. The maximum atomic E-state index is 12.5. The van der Waals surface area contributed by atoms with Gasteiger partial charge in [0.05, 0.1) is 24.2 Å². The summed E-state index contributed by atoms with van der Waals surface area (Å²) in [6.45, 7) is -0.127. The van der Waals surface area contributed by atoms with Crippen molar-refractivity contribution in [2.24, 2.45) is 5.10 Å². The lowest BCUT2D eigenvalue weighted by molar-refractivity contribution is 0.329. The lowest BCUT2D eigenvalue weighted by Crippen LogP contribution is -2.32. The second-order valence-electron chi connectivity index (χ2n) is 5.31. The van der Waals surface area contributed by atoms with E-state index in [1.54, 1.807) is 36.4 Å². The van der Waals surface area contributed by atoms with Crippen LogP contribution < -0.4 is 20.7 Å². The number of hydrogen-bond donors (Lipinski definition) is 1. The fourth-order valence-corrected chi connectivity index (χ4v) is 2.83. The van der Waals surface area contributed by atoms with Crippen LogP contribution >= 0.6 is 15.9 Å². The number of fused-ring (bicyclic) bond motifs is 1. The van der Waals surface area contributed by atoms with E-state index in [0.29, 0.717) is 32.4 Å². The van der Waals surface area contributed by atoms with E-state index in [1.807, 2.05) is 6.07 Å². The number of hydrogen-bond acceptors (Lipinski definition) is 6. The first kappa shape index (κ1) is 18.4. The van der Waals surface area contributed by atoms with Crippen molar-refractivity contribution in [2.45, 2.75) is 0 Å². The van der Waals surface area contributed by atoms with Gasteiger partial charge in [0.1, 0.15) is 6.07 Å². The number of halogens is 1. The molecule has 27 heavy (non-hydrogen) atoms. The first-order valence-electron chi connectivity index (χ1n) is 7.71. The smallest absolute Gasteiger partial charge is 0.349 e. The molecule has 1 aromatic heterocycles. The third-order valence-corrected chi connectivity index (χ3v) is 4.36. The number of H-pyrrole nitrogens is 1. The Morgan fingerprint density at radius 2 is 2.07 bits per heavy atom. The zero-order valence-electron chi connectivity index (χ0n) is 14.1. The van der Waals surface area contributed by atoms with Crippen molar-refractivity contribution < 1.29 is 9.47 Å². The molecule has 3 aromatic rings. The molecule has 0 aliphatic carbocycles. The molecule has 0 aliphatic heterocycles. The van der Waals surface area contributed by atoms with E-state index in [9.17, 15) is 9.59 Å². The van der Waals surface area contributed by atoms with E-state index in [0.717, 1.165) is 4.68 Å². The molecule has 9 heteroatoms. The van der Waals surface area contributed by atoms with Gasteiger partial charge in [-0.3, -0.25) is 4.79 Å². The number of aromatic nitrogens is 2. The van der Waals surface area contributed by atoms with Crippen molar-refractivity contribution in [3.05, 3.63) is 67.3 Å². The summed E-state index contributed by atoms with van der Waals surface area (Å²) in [6, 6.07) is 11.8. The SMILES string of the molecule is COc1cc(C=Nn2c(=O)[nH]c3ccccc3c2=O)c(Br)cc1OCC#N. The van der Waals surface area contributed by atoms with Gasteiger partial charge in [-0.15, -0.1) is 4.68 Å². The highest BCUT2D eigenvalue weighted by Gasteiger charge is 2.10. The molecular formula is C18H13BrN4O4. The van der Waals surface area contributed by atoms with Crippen LogP contribution in [0.25, 0.3) is 10.9 Å². The number of rotatable bonds is 5. The zero-order chi connectivity index (χ0) is 19.4. The molecule has 2 aromatic carbocycles. The van der Waals surface area contributed by atoms with Crippen molar-refractivity contribution >= 4 is 33.0 Å². The Morgan fingerprint density at radius 3 is 2.81 bits per heavy atom. The van der Waals surface area contributed by atoms with Crippen LogP contribution in [0.15, 0.2) is 55.6 Å². The Hall–Kier alpha value is -3.38. The number of methoxy groups -OCH3 is 1. The second-order valence-corrected chi connectivity index (χ2v) is 6.16. The quantitative estimate of drug-likeness (QED) is 0.626. The monoisotopic (exact) mass is 428 g/mol. The molecule has 8 nitrogen and oxygen atoms in total. The van der Waals surface area contributed by atoms with Crippen LogP contribution in [0.5, 0.6) is 11.5 Å². The molecule has 3 rings (SSSR count). The second kappa shape index (κ2) is 7.88. The Bertz CT molecular complexity index is 1190. The summed E-state index contributed by atoms with van der Waals surface area (Å²) in [5.74, 6) is 0.762. The molecule has 0 unspecified atom stereocenters. The summed E-state index contributed by atoms with van der Waals surface area (Å²) in [6.07, 6.45) is 1.35. The fraction of sp³-hybridized carbons (Fsp3) is 0.111. The minimum Gasteiger partial charge on any atom is -0.493 e. The molecule has 0 saturated carbocycles. The van der Waals surface area contributed by atoms with Gasteiger partial charge in [-0.25, -0.2) is 4.79 Å². The fourth-order valence-electron chi connectivity index (χ4n) is 2.41. The molecule has 0 bridgehead atoms. The minimum atomic E-state index is -0.646. The molecule has 136 valence electrons. The zero-order valence-corrected chi connectivity index (χ0v) is 15.7. The summed E-state index contributed by atoms with van der Waals surface area (Å²) in [4.78, 5) is 27.3. The predicted octanol–water partition coefficient (Wildman–Crippen LogP) is 2.25. The standard InChI is InChI=1S/C18H13BrN4O4/c1-26-15-8-11(13(19)9-16(15)27-7-6-20)10-21-23-17(24)12-4-2-3-5-14(12)22-18(23)25/h2-5,8-10H,7H2,1H3,(H,22,25). The number of nitrogens with one attached hydrogen (secondary N) is 1. The predicted molar refractivity (Wildman–Crippen MR) is 104 cm³/mol. The lowest BCUT2D eigenvalue weighted by atomic mass is 10.2. The molecule has 1 N–H and O–H groups in total. The van der Waals surface area contributed by atoms with Crippen LogP contribution in [0, 0.1) is 11.3 Å². The van der Waals surface area contributed by atoms with Crippen molar-refractivity contribution in [2.75, 3.05) is 13.7 Å². The van der Waals surface area contributed by atoms with E-state index in [1.165, 1.54) is 13.3 Å². The number of aromatic amines is 1. The Balaban J connectivity index is 2.04. The van der Waals surface area contributed by atoms with Gasteiger partial charge in [0.2, 0.25) is 0 Å². The average Bonchev–Trinajstić information content (AvgIpc) is 2.67. The minimum absolute atomic E-state index is 0.127. The molecular weight excluding hydrogens is 416 g/mol. The van der Waals surface area contributed by atoms with E-state index in [-0.39, 0.29) is 6.61 Å². The van der Waals surface area contributed by atoms with Crippen LogP contribution in [-0.4, -0.2) is 29.6 Å². The van der Waals surface area contributed by atoms with Crippen LogP contribution in [-0.2, 0) is 0 Å². The highest BCUT2D eigenvalue weighted by atomic mass is 79.9. The van der Waals surface area contributed by atoms with Crippen LogP contribution in [0.4, 0.5) is 0 Å². The van der Waals surface area contributed by atoms with Gasteiger partial charge in [0, 0.05) is 10.0 Å². The first-order valence-corrected chi connectivity index (χ1v) is 8.50. The lowest BCUT2D eigenvalue weighted by Gasteiger charge is -2.10.